The van der Waals surface area contributed by atoms with E-state index in [-0.39, 0.29) is 5.60 Å². The van der Waals surface area contributed by atoms with Gasteiger partial charge in [-0.1, -0.05) is 0 Å². The van der Waals surface area contributed by atoms with Crippen molar-refractivity contribution >= 4 is 0 Å². The van der Waals surface area contributed by atoms with E-state index in [0.717, 1.165) is 58.3 Å². The average Bonchev–Trinajstić information content (AvgIpc) is 2.41. The summed E-state index contributed by atoms with van der Waals surface area (Å²) in [5.74, 6) is 0.369. The summed E-state index contributed by atoms with van der Waals surface area (Å²) in [6, 6.07) is 0. The fraction of sp³-hybridized carbons (Fsp3) is 1.00. The molecule has 3 saturated heterocycles. The molecule has 3 fully saturated rings. The molecule has 0 amide bonds. The van der Waals surface area contributed by atoms with Gasteiger partial charge in [-0.3, -0.25) is 0 Å². The molecular weight excluding hydrogens is 232 g/mol. The van der Waals surface area contributed by atoms with Crippen molar-refractivity contribution < 1.29 is 19.3 Å². The lowest BCUT2D eigenvalue weighted by Crippen LogP contribution is -2.52. The lowest BCUT2D eigenvalue weighted by Gasteiger charge is -2.49. The van der Waals surface area contributed by atoms with Gasteiger partial charge in [0.25, 0.3) is 0 Å². The van der Waals surface area contributed by atoms with E-state index in [2.05, 4.69) is 0 Å². The van der Waals surface area contributed by atoms with Crippen LogP contribution in [0.1, 0.15) is 38.5 Å². The van der Waals surface area contributed by atoms with Gasteiger partial charge in [0.05, 0.1) is 11.2 Å². The zero-order chi connectivity index (χ0) is 12.5. The highest BCUT2D eigenvalue weighted by Crippen LogP contribution is 2.43. The largest absolute Gasteiger partial charge is 0.389 e. The van der Waals surface area contributed by atoms with Gasteiger partial charge in [-0.2, -0.15) is 0 Å². The van der Waals surface area contributed by atoms with Crippen molar-refractivity contribution in [2.24, 2.45) is 5.92 Å². The van der Waals surface area contributed by atoms with Crippen LogP contribution in [0.2, 0.25) is 0 Å². The average molecular weight is 256 g/mol. The minimum absolute atomic E-state index is 0.0186. The molecule has 3 heterocycles. The maximum absolute atomic E-state index is 10.8. The predicted octanol–water partition coefficient (Wildman–Crippen LogP) is 1.50. The maximum Gasteiger partial charge on any atom is 0.0730 e. The van der Waals surface area contributed by atoms with Crippen molar-refractivity contribution in [1.29, 1.82) is 0 Å². The molecule has 1 N–H and O–H groups in total. The molecule has 1 atom stereocenters. The Morgan fingerprint density at radius 3 is 2.11 bits per heavy atom. The fourth-order valence-corrected chi connectivity index (χ4v) is 3.71. The number of ether oxygens (including phenoxy) is 3. The standard InChI is InChI=1S/C14H24O4/c15-14(4-9-17-10-5-14)12-1-6-18-13(11-12)2-7-16-8-3-13/h12,15H,1-11H2. The van der Waals surface area contributed by atoms with E-state index in [9.17, 15) is 5.11 Å². The van der Waals surface area contributed by atoms with Crippen molar-refractivity contribution in [3.63, 3.8) is 0 Å². The Hall–Kier alpha value is -0.160. The van der Waals surface area contributed by atoms with Crippen molar-refractivity contribution in [3.05, 3.63) is 0 Å². The highest BCUT2D eigenvalue weighted by atomic mass is 16.5. The van der Waals surface area contributed by atoms with Gasteiger partial charge in [0.15, 0.2) is 0 Å². The molecule has 0 aliphatic carbocycles. The summed E-state index contributed by atoms with van der Waals surface area (Å²) < 4.78 is 16.9. The lowest BCUT2D eigenvalue weighted by molar-refractivity contribution is -0.188. The van der Waals surface area contributed by atoms with E-state index < -0.39 is 5.60 Å². The van der Waals surface area contributed by atoms with Crippen LogP contribution < -0.4 is 0 Å². The van der Waals surface area contributed by atoms with E-state index in [4.69, 9.17) is 14.2 Å². The molecule has 0 radical (unpaired) electrons. The quantitative estimate of drug-likeness (QED) is 0.772. The van der Waals surface area contributed by atoms with Crippen molar-refractivity contribution in [2.45, 2.75) is 49.7 Å². The first-order valence-electron chi connectivity index (χ1n) is 7.24. The molecule has 3 aliphatic rings. The molecule has 0 saturated carbocycles. The number of rotatable bonds is 1. The Balaban J connectivity index is 1.69. The zero-order valence-corrected chi connectivity index (χ0v) is 11.0. The highest BCUT2D eigenvalue weighted by Gasteiger charge is 2.46. The molecule has 104 valence electrons. The third-order valence-corrected chi connectivity index (χ3v) is 5.02. The van der Waals surface area contributed by atoms with Crippen LogP contribution in [0.4, 0.5) is 0 Å². The third-order valence-electron chi connectivity index (χ3n) is 5.02. The van der Waals surface area contributed by atoms with Gasteiger partial charge in [0.2, 0.25) is 0 Å². The Kier molecular flexibility index (Phi) is 3.63. The van der Waals surface area contributed by atoms with Gasteiger partial charge in [-0.05, 0) is 44.4 Å². The Bertz CT molecular complexity index is 261. The van der Waals surface area contributed by atoms with Crippen molar-refractivity contribution in [3.8, 4) is 0 Å². The Morgan fingerprint density at radius 1 is 0.833 bits per heavy atom. The van der Waals surface area contributed by atoms with E-state index >= 15 is 0 Å². The molecule has 18 heavy (non-hydrogen) atoms. The minimum Gasteiger partial charge on any atom is -0.389 e. The number of hydrogen-bond acceptors (Lipinski definition) is 4. The zero-order valence-electron chi connectivity index (χ0n) is 11.0. The molecule has 1 unspecified atom stereocenters. The van der Waals surface area contributed by atoms with Crippen LogP contribution >= 0.6 is 0 Å². The van der Waals surface area contributed by atoms with E-state index in [1.807, 2.05) is 0 Å². The molecule has 3 aliphatic heterocycles. The smallest absolute Gasteiger partial charge is 0.0730 e. The second-order valence-electron chi connectivity index (χ2n) is 6.05. The maximum atomic E-state index is 10.8. The molecule has 0 bridgehead atoms. The summed E-state index contributed by atoms with van der Waals surface area (Å²) in [6.45, 7) is 3.78. The van der Waals surface area contributed by atoms with Gasteiger partial charge in [0, 0.05) is 33.0 Å². The molecule has 3 rings (SSSR count). The van der Waals surface area contributed by atoms with Gasteiger partial charge in [0.1, 0.15) is 0 Å². The van der Waals surface area contributed by atoms with Gasteiger partial charge in [-0.15, -0.1) is 0 Å². The van der Waals surface area contributed by atoms with Crippen LogP contribution in [0.3, 0.4) is 0 Å². The first-order chi connectivity index (χ1) is 8.73. The molecule has 4 heteroatoms. The Morgan fingerprint density at radius 2 is 1.44 bits per heavy atom. The predicted molar refractivity (Wildman–Crippen MR) is 66.5 cm³/mol. The first kappa shape index (κ1) is 12.9. The third kappa shape index (κ3) is 2.44. The fourth-order valence-electron chi connectivity index (χ4n) is 3.71. The summed E-state index contributed by atoms with van der Waals surface area (Å²) in [5, 5.41) is 10.8. The summed E-state index contributed by atoms with van der Waals surface area (Å²) >= 11 is 0. The normalized spacial score (nSPS) is 35.5. The second-order valence-corrected chi connectivity index (χ2v) is 6.05. The summed E-state index contributed by atoms with van der Waals surface area (Å²) in [6.07, 6.45) is 5.51. The topological polar surface area (TPSA) is 47.9 Å². The molecule has 0 aromatic rings. The lowest BCUT2D eigenvalue weighted by atomic mass is 9.70. The summed E-state index contributed by atoms with van der Waals surface area (Å²) in [4.78, 5) is 0. The van der Waals surface area contributed by atoms with Crippen LogP contribution in [0.5, 0.6) is 0 Å². The summed E-state index contributed by atoms with van der Waals surface area (Å²) in [5.41, 5.74) is -0.539. The summed E-state index contributed by atoms with van der Waals surface area (Å²) in [7, 11) is 0. The van der Waals surface area contributed by atoms with Gasteiger partial charge in [-0.25, -0.2) is 0 Å². The van der Waals surface area contributed by atoms with E-state index in [0.29, 0.717) is 19.1 Å². The van der Waals surface area contributed by atoms with Gasteiger partial charge < -0.3 is 19.3 Å². The van der Waals surface area contributed by atoms with Gasteiger partial charge >= 0.3 is 0 Å². The molecule has 0 aromatic carbocycles. The van der Waals surface area contributed by atoms with Crippen molar-refractivity contribution in [2.75, 3.05) is 33.0 Å². The van der Waals surface area contributed by atoms with Crippen LogP contribution in [0.25, 0.3) is 0 Å². The number of hydrogen-bond donors (Lipinski definition) is 1. The monoisotopic (exact) mass is 256 g/mol. The van der Waals surface area contributed by atoms with E-state index in [1.54, 1.807) is 0 Å². The highest BCUT2D eigenvalue weighted by molar-refractivity contribution is 4.97. The Labute approximate surface area is 109 Å². The minimum atomic E-state index is -0.521. The molecule has 1 spiro atoms. The molecule has 4 nitrogen and oxygen atoms in total. The van der Waals surface area contributed by atoms with E-state index in [1.165, 1.54) is 0 Å². The van der Waals surface area contributed by atoms with Crippen LogP contribution in [-0.4, -0.2) is 49.3 Å². The van der Waals surface area contributed by atoms with Crippen molar-refractivity contribution in [1.82, 2.24) is 0 Å². The number of aliphatic hydroxyl groups is 1. The molecular formula is C14H24O4. The van der Waals surface area contributed by atoms with Crippen LogP contribution in [0, 0.1) is 5.92 Å². The molecule has 0 aromatic heterocycles. The van der Waals surface area contributed by atoms with Crippen LogP contribution in [0.15, 0.2) is 0 Å². The second kappa shape index (κ2) is 5.08. The first-order valence-corrected chi connectivity index (χ1v) is 7.24. The van der Waals surface area contributed by atoms with Crippen LogP contribution in [-0.2, 0) is 14.2 Å². The SMILES string of the molecule is OC1(C2CCOC3(CCOCC3)C2)CCOCC1.